The highest BCUT2D eigenvalue weighted by Gasteiger charge is 2.45. The largest absolute Gasteiger partial charge is 0.504 e. The van der Waals surface area contributed by atoms with Gasteiger partial charge >= 0.3 is 12.1 Å². The van der Waals surface area contributed by atoms with Crippen molar-refractivity contribution < 1.29 is 27.8 Å². The summed E-state index contributed by atoms with van der Waals surface area (Å²) < 4.78 is 44.9. The Hall–Kier alpha value is -1.80. The Morgan fingerprint density at radius 3 is 2.50 bits per heavy atom. The highest BCUT2D eigenvalue weighted by molar-refractivity contribution is 5.70. The Bertz CT molecular complexity index is 543. The summed E-state index contributed by atoms with van der Waals surface area (Å²) in [5, 5.41) is 12.8. The van der Waals surface area contributed by atoms with Crippen LogP contribution < -0.4 is 10.1 Å². The zero-order valence-electron chi connectivity index (χ0n) is 12.0. The Kier molecular flexibility index (Phi) is 4.92. The molecule has 0 aromatic heterocycles. The van der Waals surface area contributed by atoms with E-state index in [-0.39, 0.29) is 24.4 Å². The van der Waals surface area contributed by atoms with Crippen LogP contribution in [-0.4, -0.2) is 48.3 Å². The van der Waals surface area contributed by atoms with Crippen molar-refractivity contribution in [2.75, 3.05) is 26.2 Å². The molecule has 2 N–H and O–H groups in total. The summed E-state index contributed by atoms with van der Waals surface area (Å²) in [5.41, 5.74) is -0.0807. The van der Waals surface area contributed by atoms with Gasteiger partial charge in [0.25, 0.3) is 0 Å². The van der Waals surface area contributed by atoms with Crippen LogP contribution in [0.3, 0.4) is 0 Å². The number of hydrogen-bond donors (Lipinski definition) is 2. The van der Waals surface area contributed by atoms with Crippen LogP contribution in [0.25, 0.3) is 0 Å². The second-order valence-electron chi connectivity index (χ2n) is 5.05. The maximum Gasteiger partial charge on any atom is 0.408 e. The van der Waals surface area contributed by atoms with Gasteiger partial charge in [0.05, 0.1) is 0 Å². The molecule has 1 saturated heterocycles. The van der Waals surface area contributed by atoms with Crippen LogP contribution >= 0.6 is 0 Å². The molecule has 0 radical (unpaired) electrons. The van der Waals surface area contributed by atoms with Crippen LogP contribution in [0.15, 0.2) is 18.2 Å². The van der Waals surface area contributed by atoms with Crippen molar-refractivity contribution >= 4 is 5.97 Å². The van der Waals surface area contributed by atoms with E-state index in [0.29, 0.717) is 13.1 Å². The number of nitrogens with zero attached hydrogens (tertiary/aromatic N) is 1. The molecule has 122 valence electrons. The fourth-order valence-electron chi connectivity index (χ4n) is 2.49. The molecular formula is C14H17F3N2O3. The molecule has 22 heavy (non-hydrogen) atoms. The molecule has 5 nitrogen and oxygen atoms in total. The smallest absolute Gasteiger partial charge is 0.408 e. The van der Waals surface area contributed by atoms with Crippen LogP contribution in [0.2, 0.25) is 0 Å². The monoisotopic (exact) mass is 318 g/mol. The van der Waals surface area contributed by atoms with Crippen LogP contribution in [0.5, 0.6) is 11.5 Å². The number of piperazine rings is 1. The minimum absolute atomic E-state index is 0.0807. The van der Waals surface area contributed by atoms with Gasteiger partial charge in [0, 0.05) is 33.1 Å². The Morgan fingerprint density at radius 1 is 1.36 bits per heavy atom. The Labute approximate surface area is 125 Å². The lowest BCUT2D eigenvalue weighted by Gasteiger charge is -2.36. The molecule has 1 fully saturated rings. The van der Waals surface area contributed by atoms with Gasteiger partial charge in [-0.2, -0.15) is 13.2 Å². The van der Waals surface area contributed by atoms with E-state index in [2.05, 4.69) is 5.32 Å². The van der Waals surface area contributed by atoms with Gasteiger partial charge in [0.1, 0.15) is 6.04 Å². The van der Waals surface area contributed by atoms with E-state index in [9.17, 15) is 23.1 Å². The number of alkyl halides is 3. The number of carbonyl (C=O) groups excluding carboxylic acids is 1. The first-order chi connectivity index (χ1) is 10.3. The SMILES string of the molecule is CC(=O)Oc1ccc([C@H](N2CCNCC2)C(F)(F)F)cc1O. The van der Waals surface area contributed by atoms with Crippen molar-refractivity contribution in [1.82, 2.24) is 10.2 Å². The number of benzene rings is 1. The first kappa shape index (κ1) is 16.6. The van der Waals surface area contributed by atoms with E-state index in [0.717, 1.165) is 13.0 Å². The minimum atomic E-state index is -4.47. The van der Waals surface area contributed by atoms with E-state index in [4.69, 9.17) is 4.74 Å². The molecule has 1 aromatic rings. The van der Waals surface area contributed by atoms with Crippen LogP contribution in [0.4, 0.5) is 13.2 Å². The molecule has 1 aromatic carbocycles. The molecule has 1 aliphatic heterocycles. The zero-order valence-corrected chi connectivity index (χ0v) is 12.0. The van der Waals surface area contributed by atoms with E-state index in [1.165, 1.54) is 17.0 Å². The van der Waals surface area contributed by atoms with E-state index >= 15 is 0 Å². The third-order valence-electron chi connectivity index (χ3n) is 3.38. The van der Waals surface area contributed by atoms with Gasteiger partial charge in [-0.05, 0) is 17.7 Å². The molecular weight excluding hydrogens is 301 g/mol. The maximum absolute atomic E-state index is 13.4. The predicted octanol–water partition coefficient (Wildman–Crippen LogP) is 1.83. The van der Waals surface area contributed by atoms with Gasteiger partial charge in [0.2, 0.25) is 0 Å². The lowest BCUT2D eigenvalue weighted by molar-refractivity contribution is -0.187. The third kappa shape index (κ3) is 3.89. The van der Waals surface area contributed by atoms with Gasteiger partial charge in [0.15, 0.2) is 11.5 Å². The van der Waals surface area contributed by atoms with E-state index in [1.54, 1.807) is 0 Å². The molecule has 0 aliphatic carbocycles. The van der Waals surface area contributed by atoms with Gasteiger partial charge in [-0.15, -0.1) is 0 Å². The number of ether oxygens (including phenoxy) is 1. The fraction of sp³-hybridized carbons (Fsp3) is 0.500. The number of halogens is 3. The number of hydrogen-bond acceptors (Lipinski definition) is 5. The second-order valence-corrected chi connectivity index (χ2v) is 5.05. The standard InChI is InChI=1S/C14H17F3N2O3/c1-9(20)22-12-3-2-10(8-11(12)21)13(14(15,16)17)19-6-4-18-5-7-19/h2-3,8,13,18,21H,4-7H2,1H3/t13-/m0/s1. The topological polar surface area (TPSA) is 61.8 Å². The lowest BCUT2D eigenvalue weighted by Crippen LogP contribution is -2.49. The maximum atomic E-state index is 13.4. The summed E-state index contributed by atoms with van der Waals surface area (Å²) in [5.74, 6) is -1.30. The molecule has 0 unspecified atom stereocenters. The number of esters is 1. The van der Waals surface area contributed by atoms with Gasteiger partial charge in [-0.1, -0.05) is 6.07 Å². The molecule has 8 heteroatoms. The summed E-state index contributed by atoms with van der Waals surface area (Å²) in [4.78, 5) is 12.2. The molecule has 1 heterocycles. The van der Waals surface area contributed by atoms with Crippen molar-refractivity contribution in [2.24, 2.45) is 0 Å². The summed E-state index contributed by atoms with van der Waals surface area (Å²) >= 11 is 0. The molecule has 2 rings (SSSR count). The summed E-state index contributed by atoms with van der Waals surface area (Å²) in [6.45, 7) is 2.62. The molecule has 0 saturated carbocycles. The lowest BCUT2D eigenvalue weighted by atomic mass is 10.0. The van der Waals surface area contributed by atoms with Gasteiger partial charge in [-0.25, -0.2) is 0 Å². The summed E-state index contributed by atoms with van der Waals surface area (Å²) in [7, 11) is 0. The van der Waals surface area contributed by atoms with Crippen molar-refractivity contribution in [3.05, 3.63) is 23.8 Å². The highest BCUT2D eigenvalue weighted by atomic mass is 19.4. The Balaban J connectivity index is 2.31. The first-order valence-electron chi connectivity index (χ1n) is 6.82. The van der Waals surface area contributed by atoms with Crippen molar-refractivity contribution in [3.8, 4) is 11.5 Å². The normalized spacial score (nSPS) is 18.0. The van der Waals surface area contributed by atoms with Crippen LogP contribution in [0.1, 0.15) is 18.5 Å². The third-order valence-corrected chi connectivity index (χ3v) is 3.38. The van der Waals surface area contributed by atoms with Gasteiger partial charge in [-0.3, -0.25) is 9.69 Å². The zero-order chi connectivity index (χ0) is 16.3. The van der Waals surface area contributed by atoms with Crippen molar-refractivity contribution in [2.45, 2.75) is 19.1 Å². The molecule has 1 atom stereocenters. The van der Waals surface area contributed by atoms with Gasteiger partial charge < -0.3 is 15.2 Å². The Morgan fingerprint density at radius 2 is 2.00 bits per heavy atom. The van der Waals surface area contributed by atoms with Crippen molar-refractivity contribution in [1.29, 1.82) is 0 Å². The number of aromatic hydroxyl groups is 1. The number of nitrogens with one attached hydrogen (secondary N) is 1. The molecule has 0 bridgehead atoms. The van der Waals surface area contributed by atoms with E-state index < -0.39 is 23.9 Å². The molecule has 0 amide bonds. The minimum Gasteiger partial charge on any atom is -0.504 e. The average Bonchev–Trinajstić information content (AvgIpc) is 2.41. The summed E-state index contributed by atoms with van der Waals surface area (Å²) in [6, 6.07) is 1.59. The predicted molar refractivity (Wildman–Crippen MR) is 72.7 cm³/mol. The number of phenolic OH excluding ortho intramolecular Hbond substituents is 1. The van der Waals surface area contributed by atoms with E-state index in [1.807, 2.05) is 0 Å². The van der Waals surface area contributed by atoms with Crippen LogP contribution in [0, 0.1) is 0 Å². The summed E-state index contributed by atoms with van der Waals surface area (Å²) in [6.07, 6.45) is -4.47. The molecule has 1 aliphatic rings. The number of carbonyl (C=O) groups is 1. The highest BCUT2D eigenvalue weighted by Crippen LogP contribution is 2.40. The van der Waals surface area contributed by atoms with Crippen molar-refractivity contribution in [3.63, 3.8) is 0 Å². The van der Waals surface area contributed by atoms with Crippen LogP contribution in [-0.2, 0) is 4.79 Å². The second kappa shape index (κ2) is 6.53. The fourth-order valence-corrected chi connectivity index (χ4v) is 2.49. The first-order valence-corrected chi connectivity index (χ1v) is 6.82. The number of phenols is 1. The quantitative estimate of drug-likeness (QED) is 0.658. The molecule has 0 spiro atoms. The number of rotatable bonds is 3. The average molecular weight is 318 g/mol.